The van der Waals surface area contributed by atoms with Crippen LogP contribution in [0.3, 0.4) is 0 Å². The summed E-state index contributed by atoms with van der Waals surface area (Å²) >= 11 is 0. The normalized spacial score (nSPS) is 10.4. The van der Waals surface area contributed by atoms with Gasteiger partial charge in [0.1, 0.15) is 5.69 Å². The van der Waals surface area contributed by atoms with Gasteiger partial charge in [-0.05, 0) is 12.5 Å². The minimum atomic E-state index is 0.291. The number of rotatable bonds is 5. The lowest BCUT2D eigenvalue weighted by atomic mass is 10.4. The molecule has 2 rings (SSSR count). The van der Waals surface area contributed by atoms with E-state index in [1.165, 1.54) is 7.11 Å². The molecule has 0 saturated carbocycles. The van der Waals surface area contributed by atoms with Crippen molar-refractivity contribution in [2.24, 2.45) is 7.05 Å². The van der Waals surface area contributed by atoms with Crippen LogP contribution in [0.2, 0.25) is 0 Å². The molecule has 0 aliphatic rings. The molecule has 2 aromatic heterocycles. The van der Waals surface area contributed by atoms with Gasteiger partial charge < -0.3 is 10.1 Å². The van der Waals surface area contributed by atoms with Crippen molar-refractivity contribution in [3.05, 3.63) is 12.3 Å². The van der Waals surface area contributed by atoms with E-state index in [4.69, 9.17) is 4.74 Å². The Hall–Kier alpha value is -2.18. The third kappa shape index (κ3) is 2.55. The van der Waals surface area contributed by atoms with Crippen molar-refractivity contribution < 1.29 is 4.74 Å². The highest BCUT2D eigenvalue weighted by atomic mass is 16.5. The second-order valence-electron chi connectivity index (χ2n) is 3.74. The molecule has 2 aromatic rings. The van der Waals surface area contributed by atoms with Crippen LogP contribution in [0.1, 0.15) is 13.3 Å². The van der Waals surface area contributed by atoms with Crippen LogP contribution in [0.25, 0.3) is 11.5 Å². The summed E-state index contributed by atoms with van der Waals surface area (Å²) < 4.78 is 6.79. The van der Waals surface area contributed by atoms with E-state index >= 15 is 0 Å². The molecule has 0 amide bonds. The van der Waals surface area contributed by atoms with Crippen LogP contribution in [0.5, 0.6) is 6.01 Å². The summed E-state index contributed by atoms with van der Waals surface area (Å²) in [6, 6.07) is 2.14. The van der Waals surface area contributed by atoms with Gasteiger partial charge >= 0.3 is 6.01 Å². The van der Waals surface area contributed by atoms with Gasteiger partial charge in [-0.25, -0.2) is 0 Å². The third-order valence-corrected chi connectivity index (χ3v) is 2.38. The quantitative estimate of drug-likeness (QED) is 0.853. The van der Waals surface area contributed by atoms with Gasteiger partial charge in [-0.2, -0.15) is 20.1 Å². The molecule has 0 radical (unpaired) electrons. The van der Waals surface area contributed by atoms with Crippen molar-refractivity contribution in [1.29, 1.82) is 0 Å². The molecule has 0 atom stereocenters. The standard InChI is InChI=1S/C11H16N6O/c1-4-6-12-10-14-9(15-11(16-10)18-3)8-5-7-13-17(8)2/h5,7H,4,6H2,1-3H3,(H,12,14,15,16). The van der Waals surface area contributed by atoms with E-state index < -0.39 is 0 Å². The molecule has 7 nitrogen and oxygen atoms in total. The van der Waals surface area contributed by atoms with Crippen molar-refractivity contribution >= 4 is 5.95 Å². The van der Waals surface area contributed by atoms with Gasteiger partial charge in [0.2, 0.25) is 5.95 Å². The molecule has 2 heterocycles. The molecule has 0 spiro atoms. The Morgan fingerprint density at radius 3 is 2.78 bits per heavy atom. The molecular weight excluding hydrogens is 232 g/mol. The highest BCUT2D eigenvalue weighted by Gasteiger charge is 2.11. The number of anilines is 1. The molecule has 0 aliphatic carbocycles. The van der Waals surface area contributed by atoms with Crippen LogP contribution >= 0.6 is 0 Å². The summed E-state index contributed by atoms with van der Waals surface area (Å²) in [5.74, 6) is 1.06. The Morgan fingerprint density at radius 2 is 2.17 bits per heavy atom. The van der Waals surface area contributed by atoms with Crippen molar-refractivity contribution in [2.75, 3.05) is 19.0 Å². The van der Waals surface area contributed by atoms with Crippen LogP contribution in [0, 0.1) is 0 Å². The van der Waals surface area contributed by atoms with E-state index in [0.717, 1.165) is 18.7 Å². The van der Waals surface area contributed by atoms with Gasteiger partial charge in [0.15, 0.2) is 5.82 Å². The summed E-state index contributed by atoms with van der Waals surface area (Å²) in [5.41, 5.74) is 0.815. The lowest BCUT2D eigenvalue weighted by Gasteiger charge is -2.07. The molecule has 0 bridgehead atoms. The first-order valence-corrected chi connectivity index (χ1v) is 5.77. The molecule has 1 N–H and O–H groups in total. The third-order valence-electron chi connectivity index (χ3n) is 2.38. The van der Waals surface area contributed by atoms with Crippen LogP contribution in [0.15, 0.2) is 12.3 Å². The van der Waals surface area contributed by atoms with Gasteiger partial charge in [0, 0.05) is 19.8 Å². The maximum Gasteiger partial charge on any atom is 0.321 e. The van der Waals surface area contributed by atoms with Gasteiger partial charge in [0.05, 0.1) is 7.11 Å². The van der Waals surface area contributed by atoms with Crippen LogP contribution in [-0.2, 0) is 7.05 Å². The van der Waals surface area contributed by atoms with E-state index in [1.807, 2.05) is 13.1 Å². The van der Waals surface area contributed by atoms with Gasteiger partial charge in [-0.1, -0.05) is 6.92 Å². The summed E-state index contributed by atoms with van der Waals surface area (Å²) in [6.45, 7) is 2.88. The number of aryl methyl sites for hydroxylation is 1. The van der Waals surface area contributed by atoms with E-state index in [-0.39, 0.29) is 0 Å². The zero-order chi connectivity index (χ0) is 13.0. The number of nitrogens with one attached hydrogen (secondary N) is 1. The van der Waals surface area contributed by atoms with E-state index in [2.05, 4.69) is 32.3 Å². The minimum Gasteiger partial charge on any atom is -0.467 e. The summed E-state index contributed by atoms with van der Waals surface area (Å²) in [7, 11) is 3.37. The monoisotopic (exact) mass is 248 g/mol. The number of aromatic nitrogens is 5. The lowest BCUT2D eigenvalue weighted by Crippen LogP contribution is -2.08. The smallest absolute Gasteiger partial charge is 0.321 e. The second kappa shape index (κ2) is 5.44. The van der Waals surface area contributed by atoms with Crippen LogP contribution in [0.4, 0.5) is 5.95 Å². The second-order valence-corrected chi connectivity index (χ2v) is 3.74. The predicted octanol–water partition coefficient (Wildman–Crippen LogP) is 1.10. The molecular formula is C11H16N6O. The Bertz CT molecular complexity index is 524. The first-order chi connectivity index (χ1) is 8.74. The fourth-order valence-corrected chi connectivity index (χ4v) is 1.47. The topological polar surface area (TPSA) is 77.8 Å². The summed E-state index contributed by atoms with van der Waals surface area (Å²) in [5, 5.41) is 7.21. The first kappa shape index (κ1) is 12.3. The number of ether oxygens (including phenoxy) is 1. The average molecular weight is 248 g/mol. The molecule has 7 heteroatoms. The summed E-state index contributed by atoms with van der Waals surface area (Å²) in [6.07, 6.45) is 2.69. The molecule has 18 heavy (non-hydrogen) atoms. The number of methoxy groups -OCH3 is 1. The highest BCUT2D eigenvalue weighted by Crippen LogP contribution is 2.17. The summed E-state index contributed by atoms with van der Waals surface area (Å²) in [4.78, 5) is 12.7. The molecule has 0 aromatic carbocycles. The maximum absolute atomic E-state index is 5.08. The predicted molar refractivity (Wildman–Crippen MR) is 67.4 cm³/mol. The lowest BCUT2D eigenvalue weighted by molar-refractivity contribution is 0.379. The van der Waals surface area contributed by atoms with Gasteiger partial charge in [-0.15, -0.1) is 0 Å². The van der Waals surface area contributed by atoms with Crippen molar-refractivity contribution in [2.45, 2.75) is 13.3 Å². The molecule has 0 saturated heterocycles. The minimum absolute atomic E-state index is 0.291. The Morgan fingerprint density at radius 1 is 1.33 bits per heavy atom. The molecule has 0 fully saturated rings. The maximum atomic E-state index is 5.08. The van der Waals surface area contributed by atoms with E-state index in [0.29, 0.717) is 17.8 Å². The fourth-order valence-electron chi connectivity index (χ4n) is 1.47. The van der Waals surface area contributed by atoms with Gasteiger partial charge in [0.25, 0.3) is 0 Å². The van der Waals surface area contributed by atoms with Crippen LogP contribution in [-0.4, -0.2) is 38.4 Å². The molecule has 0 unspecified atom stereocenters. The Labute approximate surface area is 105 Å². The SMILES string of the molecule is CCCNc1nc(OC)nc(-c2ccnn2C)n1. The largest absolute Gasteiger partial charge is 0.467 e. The van der Waals surface area contributed by atoms with Crippen molar-refractivity contribution in [3.63, 3.8) is 0 Å². The zero-order valence-electron chi connectivity index (χ0n) is 10.7. The van der Waals surface area contributed by atoms with Crippen molar-refractivity contribution in [3.8, 4) is 17.5 Å². The van der Waals surface area contributed by atoms with Gasteiger partial charge in [-0.3, -0.25) is 4.68 Å². The Kier molecular flexibility index (Phi) is 3.71. The molecule has 96 valence electrons. The van der Waals surface area contributed by atoms with Crippen molar-refractivity contribution in [1.82, 2.24) is 24.7 Å². The zero-order valence-corrected chi connectivity index (χ0v) is 10.7. The number of hydrogen-bond acceptors (Lipinski definition) is 6. The number of nitrogens with zero attached hydrogens (tertiary/aromatic N) is 5. The van der Waals surface area contributed by atoms with E-state index in [9.17, 15) is 0 Å². The molecule has 0 aliphatic heterocycles. The van der Waals surface area contributed by atoms with Crippen LogP contribution < -0.4 is 10.1 Å². The fraction of sp³-hybridized carbons (Fsp3) is 0.455. The van der Waals surface area contributed by atoms with E-state index in [1.54, 1.807) is 10.9 Å². The number of hydrogen-bond donors (Lipinski definition) is 1. The Balaban J connectivity index is 2.38. The highest BCUT2D eigenvalue weighted by molar-refractivity contribution is 5.51. The first-order valence-electron chi connectivity index (χ1n) is 5.77. The average Bonchev–Trinajstić information content (AvgIpc) is 2.82.